The molecule has 0 radical (unpaired) electrons. The first kappa shape index (κ1) is 16.6. The molecule has 20 heavy (non-hydrogen) atoms. The lowest BCUT2D eigenvalue weighted by molar-refractivity contribution is 0.0427. The van der Waals surface area contributed by atoms with Gasteiger partial charge in [-0.25, -0.2) is 8.78 Å². The SMILES string of the molecule is CC(C)CCC(C)(O)CNC(=O)c1c(F)cccc1F. The van der Waals surface area contributed by atoms with Crippen molar-refractivity contribution >= 4 is 5.91 Å². The number of halogens is 2. The summed E-state index contributed by atoms with van der Waals surface area (Å²) >= 11 is 0. The van der Waals surface area contributed by atoms with E-state index in [9.17, 15) is 18.7 Å². The molecule has 112 valence electrons. The quantitative estimate of drug-likeness (QED) is 0.844. The topological polar surface area (TPSA) is 49.3 Å². The number of carbonyl (C=O) groups is 1. The van der Waals surface area contributed by atoms with Gasteiger partial charge in [-0.15, -0.1) is 0 Å². The molecule has 1 aromatic rings. The molecule has 0 fully saturated rings. The molecule has 0 aliphatic carbocycles. The number of aliphatic hydroxyl groups is 1. The molecule has 1 atom stereocenters. The van der Waals surface area contributed by atoms with Crippen molar-refractivity contribution in [3.8, 4) is 0 Å². The van der Waals surface area contributed by atoms with Gasteiger partial charge in [-0.2, -0.15) is 0 Å². The average Bonchev–Trinajstić information content (AvgIpc) is 2.34. The summed E-state index contributed by atoms with van der Waals surface area (Å²) in [7, 11) is 0. The minimum atomic E-state index is -1.10. The second-order valence-corrected chi connectivity index (χ2v) is 5.71. The molecule has 1 amide bonds. The van der Waals surface area contributed by atoms with Crippen molar-refractivity contribution in [3.05, 3.63) is 35.4 Å². The van der Waals surface area contributed by atoms with Gasteiger partial charge in [0.15, 0.2) is 0 Å². The van der Waals surface area contributed by atoms with E-state index in [1.807, 2.05) is 13.8 Å². The first-order chi connectivity index (χ1) is 9.23. The van der Waals surface area contributed by atoms with Crippen molar-refractivity contribution in [1.29, 1.82) is 0 Å². The molecular formula is C15H21F2NO2. The predicted octanol–water partition coefficient (Wildman–Crippen LogP) is 2.88. The van der Waals surface area contributed by atoms with Gasteiger partial charge in [-0.05, 0) is 37.8 Å². The minimum absolute atomic E-state index is 0.0493. The Balaban J connectivity index is 2.63. The maximum Gasteiger partial charge on any atom is 0.257 e. The van der Waals surface area contributed by atoms with Gasteiger partial charge in [-0.1, -0.05) is 19.9 Å². The molecule has 1 aromatic carbocycles. The summed E-state index contributed by atoms with van der Waals surface area (Å²) in [6, 6.07) is 3.24. The van der Waals surface area contributed by atoms with Crippen LogP contribution in [0.15, 0.2) is 18.2 Å². The first-order valence-corrected chi connectivity index (χ1v) is 6.67. The van der Waals surface area contributed by atoms with E-state index in [0.717, 1.165) is 18.6 Å². The van der Waals surface area contributed by atoms with E-state index >= 15 is 0 Å². The van der Waals surface area contributed by atoms with E-state index in [-0.39, 0.29) is 6.54 Å². The van der Waals surface area contributed by atoms with E-state index in [1.54, 1.807) is 6.92 Å². The van der Waals surface area contributed by atoms with Crippen LogP contribution in [0.1, 0.15) is 44.0 Å². The Morgan fingerprint density at radius 2 is 1.90 bits per heavy atom. The molecule has 0 saturated carbocycles. The molecule has 5 heteroatoms. The summed E-state index contributed by atoms with van der Waals surface area (Å²) in [6.45, 7) is 5.60. The van der Waals surface area contributed by atoms with Gasteiger partial charge in [-0.3, -0.25) is 4.79 Å². The van der Waals surface area contributed by atoms with Crippen LogP contribution in [0.3, 0.4) is 0 Å². The van der Waals surface area contributed by atoms with E-state index in [4.69, 9.17) is 0 Å². The predicted molar refractivity (Wildman–Crippen MR) is 73.4 cm³/mol. The van der Waals surface area contributed by atoms with Crippen LogP contribution in [-0.4, -0.2) is 23.2 Å². The zero-order valence-corrected chi connectivity index (χ0v) is 12.0. The van der Waals surface area contributed by atoms with Crippen LogP contribution in [-0.2, 0) is 0 Å². The largest absolute Gasteiger partial charge is 0.388 e. The molecule has 0 saturated heterocycles. The highest BCUT2D eigenvalue weighted by Gasteiger charge is 2.23. The van der Waals surface area contributed by atoms with E-state index in [0.29, 0.717) is 12.3 Å². The molecule has 0 aromatic heterocycles. The molecule has 1 unspecified atom stereocenters. The lowest BCUT2D eigenvalue weighted by Gasteiger charge is -2.24. The highest BCUT2D eigenvalue weighted by molar-refractivity contribution is 5.94. The Labute approximate surface area is 118 Å². The van der Waals surface area contributed by atoms with Gasteiger partial charge < -0.3 is 10.4 Å². The number of carbonyl (C=O) groups excluding carboxylic acids is 1. The third-order valence-corrected chi connectivity index (χ3v) is 3.08. The Morgan fingerprint density at radius 3 is 2.40 bits per heavy atom. The Hall–Kier alpha value is -1.49. The van der Waals surface area contributed by atoms with Crippen LogP contribution in [0.2, 0.25) is 0 Å². The summed E-state index contributed by atoms with van der Waals surface area (Å²) < 4.78 is 26.8. The number of nitrogens with one attached hydrogen (secondary N) is 1. The molecule has 0 bridgehead atoms. The number of amides is 1. The van der Waals surface area contributed by atoms with Crippen molar-refractivity contribution in [3.63, 3.8) is 0 Å². The van der Waals surface area contributed by atoms with Crippen molar-refractivity contribution in [2.75, 3.05) is 6.54 Å². The monoisotopic (exact) mass is 285 g/mol. The fraction of sp³-hybridized carbons (Fsp3) is 0.533. The average molecular weight is 285 g/mol. The number of rotatable bonds is 6. The first-order valence-electron chi connectivity index (χ1n) is 6.67. The van der Waals surface area contributed by atoms with E-state index < -0.39 is 28.7 Å². The van der Waals surface area contributed by atoms with Gasteiger partial charge in [0.1, 0.15) is 17.2 Å². The lowest BCUT2D eigenvalue weighted by atomic mass is 9.95. The van der Waals surface area contributed by atoms with Gasteiger partial charge in [0, 0.05) is 6.54 Å². The molecule has 0 aliphatic rings. The number of hydrogen-bond donors (Lipinski definition) is 2. The molecule has 3 nitrogen and oxygen atoms in total. The summed E-state index contributed by atoms with van der Waals surface area (Å²) in [6.07, 6.45) is 1.31. The fourth-order valence-electron chi connectivity index (χ4n) is 1.76. The van der Waals surface area contributed by atoms with Crippen LogP contribution in [0.25, 0.3) is 0 Å². The Morgan fingerprint density at radius 1 is 1.35 bits per heavy atom. The molecule has 1 rings (SSSR count). The highest BCUT2D eigenvalue weighted by Crippen LogP contribution is 2.16. The van der Waals surface area contributed by atoms with Gasteiger partial charge >= 0.3 is 0 Å². The van der Waals surface area contributed by atoms with E-state index in [2.05, 4.69) is 5.32 Å². The second-order valence-electron chi connectivity index (χ2n) is 5.71. The maximum absolute atomic E-state index is 13.4. The van der Waals surface area contributed by atoms with Gasteiger partial charge in [0.25, 0.3) is 5.91 Å². The van der Waals surface area contributed by atoms with Gasteiger partial charge in [0.05, 0.1) is 5.60 Å². The number of benzene rings is 1. The molecule has 0 aliphatic heterocycles. The third-order valence-electron chi connectivity index (χ3n) is 3.08. The van der Waals surface area contributed by atoms with Crippen molar-refractivity contribution in [2.24, 2.45) is 5.92 Å². The van der Waals surface area contributed by atoms with Crippen molar-refractivity contribution in [1.82, 2.24) is 5.32 Å². The smallest absolute Gasteiger partial charge is 0.257 e. The molecule has 0 spiro atoms. The second kappa shape index (κ2) is 6.79. The van der Waals surface area contributed by atoms with Crippen LogP contribution in [0.4, 0.5) is 8.78 Å². The standard InChI is InChI=1S/C15H21F2NO2/c1-10(2)7-8-15(3,20)9-18-14(19)13-11(16)5-4-6-12(13)17/h4-6,10,20H,7-9H2,1-3H3,(H,18,19). The summed E-state index contributed by atoms with van der Waals surface area (Å²) in [4.78, 5) is 11.8. The minimum Gasteiger partial charge on any atom is -0.388 e. The highest BCUT2D eigenvalue weighted by atomic mass is 19.1. The molecule has 2 N–H and O–H groups in total. The van der Waals surface area contributed by atoms with Crippen molar-refractivity contribution < 1.29 is 18.7 Å². The summed E-state index contributed by atoms with van der Waals surface area (Å²) in [5, 5.41) is 12.5. The maximum atomic E-state index is 13.4. The van der Waals surface area contributed by atoms with Crippen LogP contribution < -0.4 is 5.32 Å². The zero-order valence-electron chi connectivity index (χ0n) is 12.0. The summed E-state index contributed by atoms with van der Waals surface area (Å²) in [5.41, 5.74) is -1.71. The number of hydrogen-bond acceptors (Lipinski definition) is 2. The van der Waals surface area contributed by atoms with E-state index in [1.165, 1.54) is 6.07 Å². The van der Waals surface area contributed by atoms with Crippen LogP contribution >= 0.6 is 0 Å². The lowest BCUT2D eigenvalue weighted by Crippen LogP contribution is -2.41. The molecular weight excluding hydrogens is 264 g/mol. The zero-order chi connectivity index (χ0) is 15.3. The van der Waals surface area contributed by atoms with Crippen LogP contribution in [0, 0.1) is 17.6 Å². The Kier molecular flexibility index (Phi) is 5.62. The normalized spacial score (nSPS) is 14.2. The fourth-order valence-corrected chi connectivity index (χ4v) is 1.76. The van der Waals surface area contributed by atoms with Crippen molar-refractivity contribution in [2.45, 2.75) is 39.2 Å². The van der Waals surface area contributed by atoms with Crippen LogP contribution in [0.5, 0.6) is 0 Å². The third kappa shape index (κ3) is 4.89. The summed E-state index contributed by atoms with van der Waals surface area (Å²) in [5.74, 6) is -2.25. The Bertz CT molecular complexity index is 453. The molecule has 0 heterocycles. The van der Waals surface area contributed by atoms with Gasteiger partial charge in [0.2, 0.25) is 0 Å².